The van der Waals surface area contributed by atoms with E-state index in [1.165, 1.54) is 32.1 Å². The molecule has 4 saturated carbocycles. The zero-order valence-electron chi connectivity index (χ0n) is 27.0. The quantitative estimate of drug-likeness (QED) is 0.189. The molecular weight excluding hydrogens is 623 g/mol. The average Bonchev–Trinajstić information content (AvgIpc) is 3.15. The van der Waals surface area contributed by atoms with Crippen LogP contribution in [0.5, 0.6) is 0 Å². The minimum absolute atomic E-state index is 0.276. The third-order valence-corrected chi connectivity index (χ3v) is 13.8. The van der Waals surface area contributed by atoms with Crippen molar-refractivity contribution >= 4 is 9.84 Å². The molecule has 1 aliphatic heterocycles. The van der Waals surface area contributed by atoms with Gasteiger partial charge < -0.3 is 0 Å². The minimum atomic E-state index is -3.65. The van der Waals surface area contributed by atoms with Crippen molar-refractivity contribution in [2.75, 3.05) is 0 Å². The summed E-state index contributed by atoms with van der Waals surface area (Å²) in [5.41, 5.74) is 6.54. The number of fused-ring (bicyclic) bond motifs is 2. The van der Waals surface area contributed by atoms with Crippen molar-refractivity contribution in [3.8, 4) is 45.3 Å². The van der Waals surface area contributed by atoms with Gasteiger partial charge in [-0.25, -0.2) is 23.4 Å². The summed E-state index contributed by atoms with van der Waals surface area (Å²) < 4.78 is 28.6. The van der Waals surface area contributed by atoms with Gasteiger partial charge in [-0.05, 0) is 102 Å². The van der Waals surface area contributed by atoms with Crippen LogP contribution < -0.4 is 0 Å². The molecule has 6 heteroatoms. The van der Waals surface area contributed by atoms with Crippen LogP contribution in [0.1, 0.15) is 43.2 Å². The zero-order chi connectivity index (χ0) is 32.7. The normalized spacial score (nSPS) is 25.6. The van der Waals surface area contributed by atoms with Crippen LogP contribution in [0.25, 0.3) is 45.3 Å². The Labute approximate surface area is 287 Å². The van der Waals surface area contributed by atoms with Crippen LogP contribution in [0.4, 0.5) is 0 Å². The summed E-state index contributed by atoms with van der Waals surface area (Å²) in [4.78, 5) is 15.8. The molecule has 4 bridgehead atoms. The lowest BCUT2D eigenvalue weighted by Crippen LogP contribution is -2.57. The number of sulfone groups is 1. The highest BCUT2D eigenvalue weighted by Crippen LogP contribution is 2.68. The number of hydrogen-bond acceptors (Lipinski definition) is 5. The van der Waals surface area contributed by atoms with E-state index in [0.29, 0.717) is 39.1 Å². The van der Waals surface area contributed by atoms with Crippen LogP contribution in [0.2, 0.25) is 0 Å². The van der Waals surface area contributed by atoms with Crippen molar-refractivity contribution in [3.05, 3.63) is 139 Å². The molecule has 2 heterocycles. The maximum absolute atomic E-state index is 14.3. The van der Waals surface area contributed by atoms with Crippen molar-refractivity contribution in [1.29, 1.82) is 0 Å². The first-order valence-electron chi connectivity index (χ1n) is 17.5. The van der Waals surface area contributed by atoms with Crippen LogP contribution in [0.15, 0.2) is 137 Å². The van der Waals surface area contributed by atoms with Gasteiger partial charge in [0.05, 0.1) is 9.79 Å². The monoisotopic (exact) mass is 657 g/mol. The van der Waals surface area contributed by atoms with E-state index in [4.69, 9.17) is 15.0 Å². The highest BCUT2D eigenvalue weighted by Gasteiger charge is 2.62. The first-order chi connectivity index (χ1) is 24.0. The third kappa shape index (κ3) is 4.36. The molecule has 4 fully saturated rings. The Bertz CT molecular complexity index is 2290. The smallest absolute Gasteiger partial charge is 0.207 e. The number of benzene rings is 5. The zero-order valence-corrected chi connectivity index (χ0v) is 27.9. The van der Waals surface area contributed by atoms with Crippen molar-refractivity contribution < 1.29 is 8.42 Å². The van der Waals surface area contributed by atoms with Gasteiger partial charge in [0.1, 0.15) is 0 Å². The third-order valence-electron chi connectivity index (χ3n) is 11.9. The molecule has 49 heavy (non-hydrogen) atoms. The van der Waals surface area contributed by atoms with Gasteiger partial charge in [-0.1, -0.05) is 103 Å². The second kappa shape index (κ2) is 10.8. The van der Waals surface area contributed by atoms with Gasteiger partial charge in [0.15, 0.2) is 17.5 Å². The maximum Gasteiger partial charge on any atom is 0.207 e. The van der Waals surface area contributed by atoms with Gasteiger partial charge >= 0.3 is 0 Å². The summed E-state index contributed by atoms with van der Waals surface area (Å²) in [6, 6.07) is 42.4. The Balaban J connectivity index is 1.13. The van der Waals surface area contributed by atoms with E-state index in [-0.39, 0.29) is 5.41 Å². The molecule has 0 radical (unpaired) electrons. The van der Waals surface area contributed by atoms with E-state index in [1.54, 1.807) is 0 Å². The van der Waals surface area contributed by atoms with Gasteiger partial charge in [-0.3, -0.25) is 0 Å². The molecule has 5 aromatic carbocycles. The Morgan fingerprint density at radius 1 is 0.449 bits per heavy atom. The van der Waals surface area contributed by atoms with Gasteiger partial charge in [-0.15, -0.1) is 0 Å². The van der Waals surface area contributed by atoms with E-state index in [2.05, 4.69) is 24.3 Å². The predicted octanol–water partition coefficient (Wildman–Crippen LogP) is 9.43. The van der Waals surface area contributed by atoms with Crippen LogP contribution >= 0.6 is 0 Å². The summed E-state index contributed by atoms with van der Waals surface area (Å²) >= 11 is 0. The lowest BCUT2D eigenvalue weighted by molar-refractivity contribution is -0.0446. The molecule has 1 spiro atoms. The summed E-state index contributed by atoms with van der Waals surface area (Å²) in [7, 11) is -3.65. The van der Waals surface area contributed by atoms with Gasteiger partial charge in [0.2, 0.25) is 9.84 Å². The second-order valence-electron chi connectivity index (χ2n) is 14.5. The number of aromatic nitrogens is 3. The molecule has 0 saturated heterocycles. The summed E-state index contributed by atoms with van der Waals surface area (Å²) in [5.74, 6) is 4.29. The molecule has 0 N–H and O–H groups in total. The molecule has 4 aliphatic carbocycles. The Morgan fingerprint density at radius 3 is 1.57 bits per heavy atom. The van der Waals surface area contributed by atoms with Crippen LogP contribution in [-0.4, -0.2) is 23.4 Å². The molecule has 240 valence electrons. The summed E-state index contributed by atoms with van der Waals surface area (Å²) in [5, 5.41) is 0. The number of hydrogen-bond donors (Lipinski definition) is 0. The fourth-order valence-corrected chi connectivity index (χ4v) is 11.9. The molecule has 11 rings (SSSR count). The molecule has 5 aliphatic rings. The number of rotatable bonds is 4. The van der Waals surface area contributed by atoms with Crippen molar-refractivity contribution in [2.24, 2.45) is 23.7 Å². The molecular formula is C43H35N3O2S. The number of nitrogens with zero attached hydrogens (tertiary/aromatic N) is 3. The van der Waals surface area contributed by atoms with E-state index < -0.39 is 9.84 Å². The lowest BCUT2D eigenvalue weighted by Gasteiger charge is -2.63. The van der Waals surface area contributed by atoms with Gasteiger partial charge in [0.25, 0.3) is 0 Å². The summed E-state index contributed by atoms with van der Waals surface area (Å²) in [6.45, 7) is 0. The average molecular weight is 658 g/mol. The maximum atomic E-state index is 14.3. The SMILES string of the molecule is O=S1(=O)c2ccccc2C2(c3cc(-c4cccc(-c5nc(-c6ccccc6)nc(-c6ccccc6)n5)c4)ccc31)C1CC3CC(C1)CC2C3. The van der Waals surface area contributed by atoms with E-state index in [0.717, 1.165) is 50.8 Å². The van der Waals surface area contributed by atoms with E-state index >= 15 is 0 Å². The first-order valence-corrected chi connectivity index (χ1v) is 18.9. The fraction of sp³-hybridized carbons (Fsp3) is 0.233. The molecule has 0 atom stereocenters. The van der Waals surface area contributed by atoms with Crippen molar-refractivity contribution in [2.45, 2.75) is 47.3 Å². The van der Waals surface area contributed by atoms with Crippen LogP contribution in [0.3, 0.4) is 0 Å². The van der Waals surface area contributed by atoms with Crippen LogP contribution in [0, 0.1) is 23.7 Å². The molecule has 5 nitrogen and oxygen atoms in total. The topological polar surface area (TPSA) is 72.8 Å². The molecule has 1 aromatic heterocycles. The molecule has 0 unspecified atom stereocenters. The van der Waals surface area contributed by atoms with E-state index in [9.17, 15) is 8.42 Å². The Kier molecular flexibility index (Phi) is 6.38. The second-order valence-corrected chi connectivity index (χ2v) is 16.4. The predicted molar refractivity (Wildman–Crippen MR) is 191 cm³/mol. The molecule has 0 amide bonds. The largest absolute Gasteiger partial charge is 0.218 e. The Morgan fingerprint density at radius 2 is 0.939 bits per heavy atom. The molecule has 6 aromatic rings. The lowest BCUT2D eigenvalue weighted by atomic mass is 9.42. The van der Waals surface area contributed by atoms with Crippen molar-refractivity contribution in [3.63, 3.8) is 0 Å². The van der Waals surface area contributed by atoms with Gasteiger partial charge in [0, 0.05) is 22.1 Å². The van der Waals surface area contributed by atoms with Crippen LogP contribution in [-0.2, 0) is 15.3 Å². The fourth-order valence-electron chi connectivity index (χ4n) is 10.2. The highest BCUT2D eigenvalue weighted by atomic mass is 32.2. The Hall–Kier alpha value is -4.94. The van der Waals surface area contributed by atoms with Gasteiger partial charge in [-0.2, -0.15) is 0 Å². The van der Waals surface area contributed by atoms with E-state index in [1.807, 2.05) is 103 Å². The highest BCUT2D eigenvalue weighted by molar-refractivity contribution is 7.91. The summed E-state index contributed by atoms with van der Waals surface area (Å²) in [6.07, 6.45) is 6.10. The first kappa shape index (κ1) is 29.0. The minimum Gasteiger partial charge on any atom is -0.218 e. The standard InChI is InChI=1S/C43H35N3O2S/c47-49(48)38-17-8-7-16-36(38)43(34-21-27-20-28(23-34)24-35(43)22-27)37-26-32(18-19-39(37)49)31-14-9-15-33(25-31)42-45-40(29-10-3-1-4-11-29)44-41(46-42)30-12-5-2-6-13-30/h1-19,25-28,34-35H,20-24H2. The van der Waals surface area contributed by atoms with Crippen molar-refractivity contribution in [1.82, 2.24) is 15.0 Å².